The fourth-order valence-electron chi connectivity index (χ4n) is 0.508. The van der Waals surface area contributed by atoms with Crippen LogP contribution < -0.4 is 0 Å². The Morgan fingerprint density at radius 2 is 2.11 bits per heavy atom. The molecule has 0 unspecified atom stereocenters. The molecule has 1 rings (SSSR count). The van der Waals surface area contributed by atoms with Crippen molar-refractivity contribution >= 4 is 28.6 Å². The van der Waals surface area contributed by atoms with Crippen molar-refractivity contribution in [3.8, 4) is 5.75 Å². The Kier molecular flexibility index (Phi) is 2.03. The van der Waals surface area contributed by atoms with Crippen LogP contribution in [0.15, 0.2) is 27.6 Å². The summed E-state index contributed by atoms with van der Waals surface area (Å²) >= 11 is 7.21. The molecule has 0 fully saturated rings. The van der Waals surface area contributed by atoms with Gasteiger partial charge in [-0.05, 0) is 28.1 Å². The van der Waals surface area contributed by atoms with Gasteiger partial charge in [0.1, 0.15) is 5.75 Å². The Hall–Kier alpha value is -0.150. The first-order valence-corrected chi connectivity index (χ1v) is 3.62. The molecule has 9 heavy (non-hydrogen) atoms. The molecule has 0 aromatic heterocycles. The summed E-state index contributed by atoms with van der Waals surface area (Å²) < 4.78 is 0.647. The molecule has 0 aliphatic heterocycles. The fraction of sp³-hybridized carbons (Fsp3) is 0. The molecular formula is C6H5BrOS. The highest BCUT2D eigenvalue weighted by Gasteiger charge is 1.97. The Balaban J connectivity index is 3.25. The maximum Gasteiger partial charge on any atom is 0.130 e. The summed E-state index contributed by atoms with van der Waals surface area (Å²) in [6.45, 7) is 0. The summed E-state index contributed by atoms with van der Waals surface area (Å²) in [5.41, 5.74) is 0. The molecule has 0 aliphatic rings. The molecular weight excluding hydrogens is 200 g/mol. The van der Waals surface area contributed by atoms with E-state index in [9.17, 15) is 0 Å². The molecule has 1 N–H and O–H groups in total. The zero-order valence-corrected chi connectivity index (χ0v) is 6.98. The molecule has 0 atom stereocenters. The van der Waals surface area contributed by atoms with Crippen molar-refractivity contribution in [2.24, 2.45) is 0 Å². The van der Waals surface area contributed by atoms with Crippen LogP contribution in [0.5, 0.6) is 5.75 Å². The molecule has 3 heteroatoms. The zero-order valence-electron chi connectivity index (χ0n) is 4.50. The van der Waals surface area contributed by atoms with Gasteiger partial charge in [0.15, 0.2) is 0 Å². The summed E-state index contributed by atoms with van der Waals surface area (Å²) in [5, 5.41) is 9.00. The Bertz CT molecular complexity index is 204. The highest BCUT2D eigenvalue weighted by molar-refractivity contribution is 9.10. The van der Waals surface area contributed by atoms with Crippen molar-refractivity contribution < 1.29 is 5.11 Å². The van der Waals surface area contributed by atoms with E-state index < -0.39 is 0 Å². The van der Waals surface area contributed by atoms with E-state index in [-0.39, 0.29) is 5.75 Å². The molecule has 0 aliphatic carbocycles. The molecule has 1 aromatic rings. The van der Waals surface area contributed by atoms with Crippen LogP contribution in [0.1, 0.15) is 0 Å². The zero-order chi connectivity index (χ0) is 6.85. The first-order valence-electron chi connectivity index (χ1n) is 2.38. The minimum absolute atomic E-state index is 0.225. The second kappa shape index (κ2) is 2.62. The number of hydrogen-bond donors (Lipinski definition) is 2. The molecule has 1 aromatic carbocycles. The minimum Gasteiger partial charge on any atom is -0.507 e. The maximum absolute atomic E-state index is 9.00. The molecule has 48 valence electrons. The van der Waals surface area contributed by atoms with Crippen molar-refractivity contribution in [1.29, 1.82) is 0 Å². The van der Waals surface area contributed by atoms with E-state index in [1.165, 1.54) is 0 Å². The van der Waals surface area contributed by atoms with E-state index in [1.54, 1.807) is 18.2 Å². The topological polar surface area (TPSA) is 20.2 Å². The first kappa shape index (κ1) is 6.96. The van der Waals surface area contributed by atoms with Crippen molar-refractivity contribution in [3.63, 3.8) is 0 Å². The summed E-state index contributed by atoms with van der Waals surface area (Å²) in [6.07, 6.45) is 0. The van der Waals surface area contributed by atoms with E-state index in [1.807, 2.05) is 0 Å². The van der Waals surface area contributed by atoms with E-state index in [0.29, 0.717) is 4.47 Å². The van der Waals surface area contributed by atoms with Crippen LogP contribution in [0, 0.1) is 0 Å². The fourth-order valence-corrected chi connectivity index (χ4v) is 0.973. The van der Waals surface area contributed by atoms with Gasteiger partial charge in [-0.15, -0.1) is 12.6 Å². The number of phenolic OH excluding ortho intramolecular Hbond substituents is 1. The number of halogens is 1. The summed E-state index contributed by atoms with van der Waals surface area (Å²) in [6, 6.07) is 5.14. The SMILES string of the molecule is Oc1cccc(S)c1Br. The van der Waals surface area contributed by atoms with Gasteiger partial charge in [0.05, 0.1) is 4.47 Å². The number of benzene rings is 1. The van der Waals surface area contributed by atoms with Crippen LogP contribution in [0.25, 0.3) is 0 Å². The van der Waals surface area contributed by atoms with Gasteiger partial charge in [-0.3, -0.25) is 0 Å². The Morgan fingerprint density at radius 1 is 1.44 bits per heavy atom. The third kappa shape index (κ3) is 1.40. The predicted octanol–water partition coefficient (Wildman–Crippen LogP) is 2.44. The average Bonchev–Trinajstić information content (AvgIpc) is 1.83. The Labute approximate surface area is 67.2 Å². The summed E-state index contributed by atoms with van der Waals surface area (Å²) in [5.74, 6) is 0.225. The average molecular weight is 205 g/mol. The van der Waals surface area contributed by atoms with Crippen LogP contribution >= 0.6 is 28.6 Å². The normalized spacial score (nSPS) is 9.56. The van der Waals surface area contributed by atoms with Crippen LogP contribution in [0.2, 0.25) is 0 Å². The predicted molar refractivity (Wildman–Crippen MR) is 43.1 cm³/mol. The van der Waals surface area contributed by atoms with Gasteiger partial charge in [0, 0.05) is 4.90 Å². The first-order chi connectivity index (χ1) is 4.22. The minimum atomic E-state index is 0.225. The lowest BCUT2D eigenvalue weighted by Crippen LogP contribution is -1.69. The van der Waals surface area contributed by atoms with Crippen LogP contribution in [-0.2, 0) is 0 Å². The lowest BCUT2D eigenvalue weighted by molar-refractivity contribution is 0.470. The number of aromatic hydroxyl groups is 1. The highest BCUT2D eigenvalue weighted by atomic mass is 79.9. The van der Waals surface area contributed by atoms with Crippen molar-refractivity contribution in [1.82, 2.24) is 0 Å². The van der Waals surface area contributed by atoms with E-state index in [4.69, 9.17) is 5.11 Å². The largest absolute Gasteiger partial charge is 0.507 e. The molecule has 0 saturated carbocycles. The smallest absolute Gasteiger partial charge is 0.130 e. The molecule has 0 heterocycles. The standard InChI is InChI=1S/C6H5BrOS/c7-6-4(8)2-1-3-5(6)9/h1-3,8-9H. The number of rotatable bonds is 0. The highest BCUT2D eigenvalue weighted by Crippen LogP contribution is 2.28. The molecule has 1 nitrogen and oxygen atoms in total. The quantitative estimate of drug-likeness (QED) is 0.623. The number of hydrogen-bond acceptors (Lipinski definition) is 2. The summed E-state index contributed by atoms with van der Waals surface area (Å²) in [4.78, 5) is 0.745. The lowest BCUT2D eigenvalue weighted by Gasteiger charge is -1.96. The Morgan fingerprint density at radius 3 is 2.56 bits per heavy atom. The monoisotopic (exact) mass is 204 g/mol. The third-order valence-corrected chi connectivity index (χ3v) is 2.47. The number of thiol groups is 1. The lowest BCUT2D eigenvalue weighted by atomic mass is 10.3. The van der Waals surface area contributed by atoms with Gasteiger partial charge in [-0.1, -0.05) is 6.07 Å². The van der Waals surface area contributed by atoms with Crippen LogP contribution in [0.3, 0.4) is 0 Å². The van der Waals surface area contributed by atoms with Crippen LogP contribution in [-0.4, -0.2) is 5.11 Å². The summed E-state index contributed by atoms with van der Waals surface area (Å²) in [7, 11) is 0. The molecule has 0 bridgehead atoms. The third-order valence-electron chi connectivity index (χ3n) is 0.958. The molecule has 0 spiro atoms. The molecule has 0 radical (unpaired) electrons. The van der Waals surface area contributed by atoms with Gasteiger partial charge in [0.25, 0.3) is 0 Å². The van der Waals surface area contributed by atoms with Crippen molar-refractivity contribution in [2.45, 2.75) is 4.90 Å². The van der Waals surface area contributed by atoms with Gasteiger partial charge in [0.2, 0.25) is 0 Å². The van der Waals surface area contributed by atoms with E-state index >= 15 is 0 Å². The van der Waals surface area contributed by atoms with Crippen LogP contribution in [0.4, 0.5) is 0 Å². The van der Waals surface area contributed by atoms with Crippen molar-refractivity contribution in [3.05, 3.63) is 22.7 Å². The number of phenols is 1. The molecule has 0 saturated heterocycles. The second-order valence-corrected chi connectivity index (χ2v) is 2.89. The van der Waals surface area contributed by atoms with E-state index in [0.717, 1.165) is 4.90 Å². The van der Waals surface area contributed by atoms with Gasteiger partial charge in [-0.25, -0.2) is 0 Å². The molecule has 0 amide bonds. The maximum atomic E-state index is 9.00. The van der Waals surface area contributed by atoms with E-state index in [2.05, 4.69) is 28.6 Å². The van der Waals surface area contributed by atoms with Gasteiger partial charge >= 0.3 is 0 Å². The van der Waals surface area contributed by atoms with Gasteiger partial charge in [-0.2, -0.15) is 0 Å². The van der Waals surface area contributed by atoms with Crippen molar-refractivity contribution in [2.75, 3.05) is 0 Å². The van der Waals surface area contributed by atoms with Gasteiger partial charge < -0.3 is 5.11 Å². The second-order valence-electron chi connectivity index (χ2n) is 1.61.